The van der Waals surface area contributed by atoms with E-state index in [2.05, 4.69) is 23.6 Å². The average molecular weight is 195 g/mol. The van der Waals surface area contributed by atoms with Gasteiger partial charge < -0.3 is 10.0 Å². The van der Waals surface area contributed by atoms with Gasteiger partial charge in [-0.25, -0.2) is 0 Å². The van der Waals surface area contributed by atoms with Crippen LogP contribution in [0.3, 0.4) is 0 Å². The molecule has 1 N–H and O–H groups in total. The summed E-state index contributed by atoms with van der Waals surface area (Å²) in [5.41, 5.74) is 1.16. The number of anilines is 1. The van der Waals surface area contributed by atoms with Crippen LogP contribution < -0.4 is 4.90 Å². The van der Waals surface area contributed by atoms with Crippen LogP contribution in [-0.4, -0.2) is 24.3 Å². The molecule has 0 aliphatic carbocycles. The molecule has 0 unspecified atom stereocenters. The zero-order chi connectivity index (χ0) is 9.26. The van der Waals surface area contributed by atoms with Crippen molar-refractivity contribution in [3.63, 3.8) is 0 Å². The van der Waals surface area contributed by atoms with Crippen LogP contribution in [0.1, 0.15) is 6.42 Å². The van der Waals surface area contributed by atoms with Crippen molar-refractivity contribution in [2.75, 3.05) is 18.0 Å². The molecule has 1 aromatic rings. The molecule has 13 heavy (non-hydrogen) atoms. The Kier molecular flexibility index (Phi) is 2.47. The van der Waals surface area contributed by atoms with Gasteiger partial charge in [-0.3, -0.25) is 0 Å². The number of aliphatic hydroxyl groups excluding tert-OH is 1. The summed E-state index contributed by atoms with van der Waals surface area (Å²) in [5.74, 6) is 0. The van der Waals surface area contributed by atoms with E-state index in [-0.39, 0.29) is 6.10 Å². The third-order valence-electron chi connectivity index (χ3n) is 2.36. The van der Waals surface area contributed by atoms with Gasteiger partial charge in [-0.05, 0) is 24.6 Å². The molecule has 1 atom stereocenters. The number of hydrogen-bond acceptors (Lipinski definition) is 3. The molecule has 0 amide bonds. The predicted molar refractivity (Wildman–Crippen MR) is 56.5 cm³/mol. The molecule has 1 aromatic carbocycles. The molecule has 2 rings (SSSR count). The van der Waals surface area contributed by atoms with Crippen LogP contribution in [0.25, 0.3) is 0 Å². The van der Waals surface area contributed by atoms with Gasteiger partial charge in [-0.2, -0.15) is 0 Å². The maximum atomic E-state index is 9.37. The first-order valence-electron chi connectivity index (χ1n) is 4.48. The summed E-state index contributed by atoms with van der Waals surface area (Å²) in [4.78, 5) is 3.16. The molecule has 1 aliphatic rings. The van der Waals surface area contributed by atoms with E-state index in [4.69, 9.17) is 0 Å². The second-order valence-corrected chi connectivity index (χ2v) is 3.92. The molecule has 0 aromatic heterocycles. The number of aliphatic hydroxyl groups is 1. The summed E-state index contributed by atoms with van der Waals surface area (Å²) in [6, 6.07) is 8.03. The largest absolute Gasteiger partial charge is 0.391 e. The second kappa shape index (κ2) is 3.60. The molecule has 1 aliphatic heterocycles. The third kappa shape index (κ3) is 1.98. The quantitative estimate of drug-likeness (QED) is 0.664. The Labute approximate surface area is 83.6 Å². The highest BCUT2D eigenvalue weighted by atomic mass is 32.1. The number of hydrogen-bond donors (Lipinski definition) is 2. The van der Waals surface area contributed by atoms with E-state index in [9.17, 15) is 5.11 Å². The Balaban J connectivity index is 2.16. The summed E-state index contributed by atoms with van der Waals surface area (Å²) in [5, 5.41) is 9.37. The standard InChI is InChI=1S/C10H13NOS/c12-9-4-5-11(7-9)8-2-1-3-10(13)6-8/h1-3,6,9,12-13H,4-5,7H2/t9-/m1/s1. The lowest BCUT2D eigenvalue weighted by Crippen LogP contribution is -2.20. The number of rotatable bonds is 1. The van der Waals surface area contributed by atoms with Gasteiger partial charge in [-0.15, -0.1) is 12.6 Å². The normalized spacial score (nSPS) is 22.3. The maximum absolute atomic E-state index is 9.37. The van der Waals surface area contributed by atoms with E-state index in [0.717, 1.165) is 30.1 Å². The van der Waals surface area contributed by atoms with Crippen LogP contribution in [0.2, 0.25) is 0 Å². The van der Waals surface area contributed by atoms with Crippen molar-refractivity contribution in [2.45, 2.75) is 17.4 Å². The minimum absolute atomic E-state index is 0.163. The number of benzene rings is 1. The number of β-amino-alcohol motifs (C(OH)–C–C–N with tert-alkyl or cyclic N) is 1. The van der Waals surface area contributed by atoms with Gasteiger partial charge >= 0.3 is 0 Å². The van der Waals surface area contributed by atoms with Crippen LogP contribution in [0, 0.1) is 0 Å². The molecule has 2 nitrogen and oxygen atoms in total. The Bertz CT molecular complexity index is 303. The zero-order valence-corrected chi connectivity index (χ0v) is 8.24. The van der Waals surface area contributed by atoms with Gasteiger partial charge in [0.05, 0.1) is 6.10 Å². The Morgan fingerprint density at radius 1 is 1.46 bits per heavy atom. The summed E-state index contributed by atoms with van der Waals surface area (Å²) >= 11 is 4.28. The maximum Gasteiger partial charge on any atom is 0.0731 e. The van der Waals surface area contributed by atoms with Gasteiger partial charge in [0, 0.05) is 23.7 Å². The minimum Gasteiger partial charge on any atom is -0.391 e. The predicted octanol–water partition coefficient (Wildman–Crippen LogP) is 1.55. The molecule has 0 saturated carbocycles. The first-order chi connectivity index (χ1) is 6.25. The molecule has 0 radical (unpaired) electrons. The molecule has 0 spiro atoms. The van der Waals surface area contributed by atoms with Crippen LogP contribution >= 0.6 is 12.6 Å². The number of thiol groups is 1. The molecule has 3 heteroatoms. The fourth-order valence-corrected chi connectivity index (χ4v) is 1.88. The van der Waals surface area contributed by atoms with Crippen molar-refractivity contribution in [2.24, 2.45) is 0 Å². The zero-order valence-electron chi connectivity index (χ0n) is 7.35. The summed E-state index contributed by atoms with van der Waals surface area (Å²) in [7, 11) is 0. The third-order valence-corrected chi connectivity index (χ3v) is 2.64. The lowest BCUT2D eigenvalue weighted by atomic mass is 10.3. The van der Waals surface area contributed by atoms with Gasteiger partial charge in [0.25, 0.3) is 0 Å². The highest BCUT2D eigenvalue weighted by molar-refractivity contribution is 7.80. The monoisotopic (exact) mass is 195 g/mol. The van der Waals surface area contributed by atoms with E-state index >= 15 is 0 Å². The molecular weight excluding hydrogens is 182 g/mol. The van der Waals surface area contributed by atoms with Crippen molar-refractivity contribution in [1.82, 2.24) is 0 Å². The van der Waals surface area contributed by atoms with E-state index < -0.39 is 0 Å². The molecule has 1 fully saturated rings. The van der Waals surface area contributed by atoms with Crippen molar-refractivity contribution in [3.05, 3.63) is 24.3 Å². The highest BCUT2D eigenvalue weighted by Gasteiger charge is 2.19. The Morgan fingerprint density at radius 2 is 2.31 bits per heavy atom. The first-order valence-corrected chi connectivity index (χ1v) is 4.92. The van der Waals surface area contributed by atoms with Crippen molar-refractivity contribution < 1.29 is 5.11 Å². The van der Waals surface area contributed by atoms with Gasteiger partial charge in [0.2, 0.25) is 0 Å². The van der Waals surface area contributed by atoms with Crippen LogP contribution in [0.15, 0.2) is 29.2 Å². The summed E-state index contributed by atoms with van der Waals surface area (Å²) in [6.07, 6.45) is 0.708. The van der Waals surface area contributed by atoms with Crippen LogP contribution in [-0.2, 0) is 0 Å². The average Bonchev–Trinajstić information content (AvgIpc) is 2.52. The SMILES string of the molecule is O[C@@H]1CCN(c2cccc(S)c2)C1. The van der Waals surface area contributed by atoms with Crippen molar-refractivity contribution in [3.8, 4) is 0 Å². The number of nitrogens with zero attached hydrogens (tertiary/aromatic N) is 1. The van der Waals surface area contributed by atoms with Gasteiger partial charge in [0.15, 0.2) is 0 Å². The first kappa shape index (κ1) is 8.91. The Hall–Kier alpha value is -0.670. The topological polar surface area (TPSA) is 23.5 Å². The van der Waals surface area contributed by atoms with Crippen LogP contribution in [0.4, 0.5) is 5.69 Å². The van der Waals surface area contributed by atoms with Crippen molar-refractivity contribution in [1.29, 1.82) is 0 Å². The summed E-state index contributed by atoms with van der Waals surface area (Å²) in [6.45, 7) is 1.69. The van der Waals surface area contributed by atoms with E-state index in [1.807, 2.05) is 18.2 Å². The van der Waals surface area contributed by atoms with E-state index in [1.165, 1.54) is 0 Å². The highest BCUT2D eigenvalue weighted by Crippen LogP contribution is 2.22. The Morgan fingerprint density at radius 3 is 2.92 bits per heavy atom. The molecule has 70 valence electrons. The fourth-order valence-electron chi connectivity index (χ4n) is 1.67. The lowest BCUT2D eigenvalue weighted by Gasteiger charge is -2.17. The van der Waals surface area contributed by atoms with Crippen LogP contribution in [0.5, 0.6) is 0 Å². The van der Waals surface area contributed by atoms with Crippen molar-refractivity contribution >= 4 is 18.3 Å². The molecular formula is C10H13NOS. The molecule has 1 saturated heterocycles. The van der Waals surface area contributed by atoms with E-state index in [1.54, 1.807) is 0 Å². The molecule has 1 heterocycles. The van der Waals surface area contributed by atoms with E-state index in [0.29, 0.717) is 0 Å². The van der Waals surface area contributed by atoms with Gasteiger partial charge in [0.1, 0.15) is 0 Å². The fraction of sp³-hybridized carbons (Fsp3) is 0.400. The molecule has 0 bridgehead atoms. The smallest absolute Gasteiger partial charge is 0.0731 e. The minimum atomic E-state index is -0.163. The second-order valence-electron chi connectivity index (χ2n) is 3.41. The summed E-state index contributed by atoms with van der Waals surface area (Å²) < 4.78 is 0. The van der Waals surface area contributed by atoms with Gasteiger partial charge in [-0.1, -0.05) is 6.07 Å². The lowest BCUT2D eigenvalue weighted by molar-refractivity contribution is 0.198.